The van der Waals surface area contributed by atoms with Crippen molar-refractivity contribution in [3.05, 3.63) is 17.8 Å². The molecule has 1 amide bonds. The summed E-state index contributed by atoms with van der Waals surface area (Å²) in [5, 5.41) is 2.71. The Kier molecular flexibility index (Phi) is 4.49. The van der Waals surface area contributed by atoms with E-state index in [1.165, 1.54) is 0 Å². The van der Waals surface area contributed by atoms with Crippen LogP contribution in [0.25, 0.3) is 0 Å². The summed E-state index contributed by atoms with van der Waals surface area (Å²) in [7, 11) is 0. The van der Waals surface area contributed by atoms with Gasteiger partial charge in [-0.2, -0.15) is 0 Å². The van der Waals surface area contributed by atoms with E-state index in [4.69, 9.17) is 10.2 Å². The molecule has 2 atom stereocenters. The van der Waals surface area contributed by atoms with Crippen LogP contribution in [0.2, 0.25) is 0 Å². The van der Waals surface area contributed by atoms with Crippen molar-refractivity contribution in [2.75, 3.05) is 0 Å². The van der Waals surface area contributed by atoms with Crippen molar-refractivity contribution < 1.29 is 9.21 Å². The van der Waals surface area contributed by atoms with Crippen molar-refractivity contribution in [3.63, 3.8) is 0 Å². The molecular weight excluding hydrogens is 206 g/mol. The maximum atomic E-state index is 11.6. The number of oxazole rings is 1. The zero-order valence-electron chi connectivity index (χ0n) is 9.99. The molecule has 1 aromatic heterocycles. The first kappa shape index (κ1) is 12.7. The van der Waals surface area contributed by atoms with E-state index < -0.39 is 6.04 Å². The van der Waals surface area contributed by atoms with Crippen LogP contribution in [-0.2, 0) is 11.3 Å². The number of hydrogen-bond acceptors (Lipinski definition) is 4. The van der Waals surface area contributed by atoms with Crippen LogP contribution in [0.15, 0.2) is 10.6 Å². The molecule has 0 aliphatic heterocycles. The van der Waals surface area contributed by atoms with E-state index in [1.807, 2.05) is 20.8 Å². The van der Waals surface area contributed by atoms with Crippen molar-refractivity contribution in [1.29, 1.82) is 0 Å². The van der Waals surface area contributed by atoms with Gasteiger partial charge >= 0.3 is 0 Å². The summed E-state index contributed by atoms with van der Waals surface area (Å²) >= 11 is 0. The Morgan fingerprint density at radius 2 is 2.38 bits per heavy atom. The van der Waals surface area contributed by atoms with Gasteiger partial charge in [-0.05, 0) is 12.8 Å². The molecule has 5 heteroatoms. The average molecular weight is 225 g/mol. The fraction of sp³-hybridized carbons (Fsp3) is 0.636. The lowest BCUT2D eigenvalue weighted by Gasteiger charge is -2.16. The van der Waals surface area contributed by atoms with Gasteiger partial charge in [0.1, 0.15) is 5.76 Å². The summed E-state index contributed by atoms with van der Waals surface area (Å²) in [6.07, 6.45) is 2.50. The Morgan fingerprint density at radius 3 is 2.88 bits per heavy atom. The van der Waals surface area contributed by atoms with E-state index in [0.29, 0.717) is 5.89 Å². The number of nitrogens with two attached hydrogens (primary N) is 1. The average Bonchev–Trinajstić information content (AvgIpc) is 2.69. The predicted octanol–water partition coefficient (Wildman–Crippen LogP) is 0.973. The van der Waals surface area contributed by atoms with Crippen LogP contribution in [0.1, 0.15) is 31.9 Å². The van der Waals surface area contributed by atoms with E-state index in [9.17, 15) is 4.79 Å². The van der Waals surface area contributed by atoms with Gasteiger partial charge in [-0.15, -0.1) is 0 Å². The molecule has 1 rings (SSSR count). The Balaban J connectivity index is 2.40. The van der Waals surface area contributed by atoms with Gasteiger partial charge < -0.3 is 15.5 Å². The predicted molar refractivity (Wildman–Crippen MR) is 60.5 cm³/mol. The maximum absolute atomic E-state index is 11.6. The topological polar surface area (TPSA) is 81.2 Å². The normalized spacial score (nSPS) is 14.5. The second kappa shape index (κ2) is 5.65. The van der Waals surface area contributed by atoms with Gasteiger partial charge in [0.25, 0.3) is 0 Å². The largest absolute Gasteiger partial charge is 0.444 e. The Bertz CT molecular complexity index is 349. The number of nitrogens with one attached hydrogen (secondary N) is 1. The van der Waals surface area contributed by atoms with E-state index in [2.05, 4.69) is 10.3 Å². The molecular formula is C11H19N3O2. The standard InChI is InChI=1S/C11H19N3O2/c1-4-7(2)10(12)11(15)14-6-9-13-5-8(3)16-9/h5,7,10H,4,6,12H2,1-3H3,(H,14,15)/t7-,10-/m0/s1. The second-order valence-electron chi connectivity index (χ2n) is 3.99. The number of carbonyl (C=O) groups is 1. The maximum Gasteiger partial charge on any atom is 0.237 e. The lowest BCUT2D eigenvalue weighted by atomic mass is 9.99. The first-order valence-electron chi connectivity index (χ1n) is 5.49. The molecule has 3 N–H and O–H groups in total. The molecule has 0 aliphatic rings. The molecule has 5 nitrogen and oxygen atoms in total. The Hall–Kier alpha value is -1.36. The molecule has 1 aromatic rings. The highest BCUT2D eigenvalue weighted by Crippen LogP contribution is 2.06. The fourth-order valence-electron chi connectivity index (χ4n) is 1.28. The summed E-state index contributed by atoms with van der Waals surface area (Å²) in [6, 6.07) is -0.471. The van der Waals surface area contributed by atoms with Gasteiger partial charge in [0.2, 0.25) is 11.8 Å². The van der Waals surface area contributed by atoms with Crippen molar-refractivity contribution in [2.45, 2.75) is 39.8 Å². The quantitative estimate of drug-likeness (QED) is 0.782. The molecule has 0 radical (unpaired) electrons. The van der Waals surface area contributed by atoms with E-state index in [1.54, 1.807) is 6.20 Å². The Morgan fingerprint density at radius 1 is 1.69 bits per heavy atom. The van der Waals surface area contributed by atoms with Crippen LogP contribution in [-0.4, -0.2) is 16.9 Å². The van der Waals surface area contributed by atoms with Gasteiger partial charge in [-0.3, -0.25) is 4.79 Å². The van der Waals surface area contributed by atoms with Gasteiger partial charge in [-0.1, -0.05) is 20.3 Å². The van der Waals surface area contributed by atoms with Gasteiger partial charge in [0, 0.05) is 0 Å². The van der Waals surface area contributed by atoms with Crippen molar-refractivity contribution in [2.24, 2.45) is 11.7 Å². The third-order valence-electron chi connectivity index (χ3n) is 2.64. The monoisotopic (exact) mass is 225 g/mol. The van der Waals surface area contributed by atoms with E-state index >= 15 is 0 Å². The first-order valence-corrected chi connectivity index (χ1v) is 5.49. The third kappa shape index (κ3) is 3.34. The molecule has 0 spiro atoms. The van der Waals surface area contributed by atoms with E-state index in [-0.39, 0.29) is 18.4 Å². The first-order chi connectivity index (χ1) is 7.54. The molecule has 16 heavy (non-hydrogen) atoms. The van der Waals surface area contributed by atoms with Crippen LogP contribution < -0.4 is 11.1 Å². The van der Waals surface area contributed by atoms with Gasteiger partial charge in [0.05, 0.1) is 18.8 Å². The molecule has 0 aromatic carbocycles. The summed E-state index contributed by atoms with van der Waals surface area (Å²) in [5.41, 5.74) is 5.78. The lowest BCUT2D eigenvalue weighted by molar-refractivity contribution is -0.123. The number of hydrogen-bond donors (Lipinski definition) is 2. The summed E-state index contributed by atoms with van der Waals surface area (Å²) in [4.78, 5) is 15.6. The number of amides is 1. The molecule has 90 valence electrons. The van der Waals surface area contributed by atoms with Crippen molar-refractivity contribution in [3.8, 4) is 0 Å². The van der Waals surface area contributed by atoms with Crippen molar-refractivity contribution >= 4 is 5.91 Å². The minimum atomic E-state index is -0.471. The molecule has 0 saturated heterocycles. The fourth-order valence-corrected chi connectivity index (χ4v) is 1.28. The summed E-state index contributed by atoms with van der Waals surface area (Å²) < 4.78 is 5.23. The van der Waals surface area contributed by atoms with Crippen LogP contribution in [0.4, 0.5) is 0 Å². The number of carbonyl (C=O) groups excluding carboxylic acids is 1. The molecule has 0 unspecified atom stereocenters. The lowest BCUT2D eigenvalue weighted by Crippen LogP contribution is -2.44. The summed E-state index contributed by atoms with van der Waals surface area (Å²) in [6.45, 7) is 6.06. The zero-order chi connectivity index (χ0) is 12.1. The molecule has 0 fully saturated rings. The second-order valence-corrected chi connectivity index (χ2v) is 3.99. The number of aromatic nitrogens is 1. The molecule has 0 aliphatic carbocycles. The molecule has 0 saturated carbocycles. The highest BCUT2D eigenvalue weighted by Gasteiger charge is 2.19. The summed E-state index contributed by atoms with van der Waals surface area (Å²) in [5.74, 6) is 1.24. The van der Waals surface area contributed by atoms with Gasteiger partial charge in [-0.25, -0.2) is 4.98 Å². The minimum Gasteiger partial charge on any atom is -0.444 e. The number of nitrogens with zero attached hydrogens (tertiary/aromatic N) is 1. The smallest absolute Gasteiger partial charge is 0.237 e. The molecule has 1 heterocycles. The van der Waals surface area contributed by atoms with E-state index in [0.717, 1.165) is 12.2 Å². The Labute approximate surface area is 95.4 Å². The van der Waals surface area contributed by atoms with Crippen LogP contribution >= 0.6 is 0 Å². The number of rotatable bonds is 5. The zero-order valence-corrected chi connectivity index (χ0v) is 9.99. The van der Waals surface area contributed by atoms with Crippen molar-refractivity contribution in [1.82, 2.24) is 10.3 Å². The number of aryl methyl sites for hydroxylation is 1. The van der Waals surface area contributed by atoms with Gasteiger partial charge in [0.15, 0.2) is 0 Å². The SMILES string of the molecule is CC[C@H](C)[C@H](N)C(=O)NCc1ncc(C)o1. The van der Waals surface area contributed by atoms with Crippen LogP contribution in [0.5, 0.6) is 0 Å². The third-order valence-corrected chi connectivity index (χ3v) is 2.64. The highest BCUT2D eigenvalue weighted by molar-refractivity contribution is 5.81. The molecule has 0 bridgehead atoms. The highest BCUT2D eigenvalue weighted by atomic mass is 16.4. The minimum absolute atomic E-state index is 0.162. The van der Waals surface area contributed by atoms with Crippen LogP contribution in [0.3, 0.4) is 0 Å². The van der Waals surface area contributed by atoms with Crippen LogP contribution in [0, 0.1) is 12.8 Å².